The Bertz CT molecular complexity index is 408. The molecule has 0 aliphatic carbocycles. The number of rotatable bonds is 3. The fourth-order valence-corrected chi connectivity index (χ4v) is 1.69. The summed E-state index contributed by atoms with van der Waals surface area (Å²) in [5.74, 6) is 1.07. The van der Waals surface area contributed by atoms with Crippen molar-refractivity contribution < 1.29 is 13.9 Å². The van der Waals surface area contributed by atoms with Gasteiger partial charge < -0.3 is 9.15 Å². The topological polar surface area (TPSA) is 66.5 Å². The Morgan fingerprint density at radius 3 is 3.19 bits per heavy atom. The number of hydrogen-bond donors (Lipinski definition) is 0. The van der Waals surface area contributed by atoms with E-state index >= 15 is 0 Å². The molecule has 0 amide bonds. The lowest BCUT2D eigenvalue weighted by Crippen LogP contribution is -2.41. The fourth-order valence-electron chi connectivity index (χ4n) is 1.69. The standard InChI is InChI=1S/C11H12N2O3/c12-5-11-7-13(3-4-15-11)6-9-1-2-10(8-14)16-9/h1-2,8,11H,3-4,6-7H2. The minimum atomic E-state index is -0.366. The first kappa shape index (κ1) is 10.9. The summed E-state index contributed by atoms with van der Waals surface area (Å²) in [6, 6.07) is 5.51. The van der Waals surface area contributed by atoms with Crippen molar-refractivity contribution in [3.05, 3.63) is 23.7 Å². The van der Waals surface area contributed by atoms with Gasteiger partial charge in [-0.3, -0.25) is 9.69 Å². The molecule has 1 aliphatic rings. The van der Waals surface area contributed by atoms with Crippen LogP contribution in [0, 0.1) is 11.3 Å². The summed E-state index contributed by atoms with van der Waals surface area (Å²) in [5, 5.41) is 8.75. The summed E-state index contributed by atoms with van der Waals surface area (Å²) >= 11 is 0. The molecular weight excluding hydrogens is 208 g/mol. The average molecular weight is 220 g/mol. The van der Waals surface area contributed by atoms with Crippen LogP contribution < -0.4 is 0 Å². The molecule has 0 radical (unpaired) electrons. The van der Waals surface area contributed by atoms with Crippen LogP contribution in [0.15, 0.2) is 16.5 Å². The van der Waals surface area contributed by atoms with Gasteiger partial charge in [-0.1, -0.05) is 0 Å². The molecule has 1 saturated heterocycles. The van der Waals surface area contributed by atoms with E-state index in [-0.39, 0.29) is 6.10 Å². The molecule has 0 aromatic carbocycles. The molecule has 5 heteroatoms. The van der Waals surface area contributed by atoms with Crippen molar-refractivity contribution >= 4 is 6.29 Å². The predicted molar refractivity (Wildman–Crippen MR) is 54.7 cm³/mol. The van der Waals surface area contributed by atoms with Crippen LogP contribution in [0.5, 0.6) is 0 Å². The first-order valence-electron chi connectivity index (χ1n) is 5.09. The Labute approximate surface area is 93.2 Å². The normalized spacial score (nSPS) is 21.6. The molecule has 1 unspecified atom stereocenters. The zero-order valence-electron chi connectivity index (χ0n) is 8.76. The number of furan rings is 1. The number of morpholine rings is 1. The van der Waals surface area contributed by atoms with E-state index < -0.39 is 0 Å². The third-order valence-corrected chi connectivity index (χ3v) is 2.47. The van der Waals surface area contributed by atoms with Crippen molar-refractivity contribution in [2.45, 2.75) is 12.6 Å². The summed E-state index contributed by atoms with van der Waals surface area (Å²) in [4.78, 5) is 12.5. The number of carbonyl (C=O) groups is 1. The van der Waals surface area contributed by atoms with Crippen molar-refractivity contribution in [3.63, 3.8) is 0 Å². The van der Waals surface area contributed by atoms with Crippen LogP contribution in [0.25, 0.3) is 0 Å². The molecular formula is C11H12N2O3. The summed E-state index contributed by atoms with van der Waals surface area (Å²) in [5.41, 5.74) is 0. The van der Waals surface area contributed by atoms with Gasteiger partial charge in [-0.05, 0) is 12.1 Å². The molecule has 1 aliphatic heterocycles. The minimum Gasteiger partial charge on any atom is -0.457 e. The van der Waals surface area contributed by atoms with E-state index in [2.05, 4.69) is 11.0 Å². The van der Waals surface area contributed by atoms with E-state index in [0.717, 1.165) is 12.3 Å². The molecule has 5 nitrogen and oxygen atoms in total. The second-order valence-electron chi connectivity index (χ2n) is 3.65. The molecule has 1 fully saturated rings. The number of hydrogen-bond acceptors (Lipinski definition) is 5. The third kappa shape index (κ3) is 2.48. The van der Waals surface area contributed by atoms with Crippen LogP contribution >= 0.6 is 0 Å². The van der Waals surface area contributed by atoms with Gasteiger partial charge in [0.05, 0.1) is 19.2 Å². The third-order valence-electron chi connectivity index (χ3n) is 2.47. The van der Waals surface area contributed by atoms with Crippen LogP contribution in [0.4, 0.5) is 0 Å². The Hall–Kier alpha value is -1.64. The lowest BCUT2D eigenvalue weighted by Gasteiger charge is -2.28. The van der Waals surface area contributed by atoms with Gasteiger partial charge in [0.25, 0.3) is 0 Å². The predicted octanol–water partition coefficient (Wildman–Crippen LogP) is 0.816. The largest absolute Gasteiger partial charge is 0.457 e. The van der Waals surface area contributed by atoms with Crippen molar-refractivity contribution in [1.82, 2.24) is 4.90 Å². The van der Waals surface area contributed by atoms with Gasteiger partial charge in [0.2, 0.25) is 0 Å². The second-order valence-corrected chi connectivity index (χ2v) is 3.65. The van der Waals surface area contributed by atoms with E-state index in [1.54, 1.807) is 12.1 Å². The van der Waals surface area contributed by atoms with Gasteiger partial charge in [-0.2, -0.15) is 5.26 Å². The van der Waals surface area contributed by atoms with E-state index in [9.17, 15) is 4.79 Å². The van der Waals surface area contributed by atoms with Crippen molar-refractivity contribution in [2.75, 3.05) is 19.7 Å². The summed E-state index contributed by atoms with van der Waals surface area (Å²) in [7, 11) is 0. The molecule has 0 saturated carbocycles. The zero-order valence-corrected chi connectivity index (χ0v) is 8.76. The molecule has 16 heavy (non-hydrogen) atoms. The molecule has 1 aromatic rings. The van der Waals surface area contributed by atoms with Crippen molar-refractivity contribution in [3.8, 4) is 6.07 Å². The number of carbonyl (C=O) groups excluding carboxylic acids is 1. The first-order valence-corrected chi connectivity index (χ1v) is 5.09. The Morgan fingerprint density at radius 1 is 1.62 bits per heavy atom. The number of aldehydes is 1. The lowest BCUT2D eigenvalue weighted by molar-refractivity contribution is -0.00492. The highest BCUT2D eigenvalue weighted by Gasteiger charge is 2.20. The number of nitriles is 1. The number of ether oxygens (including phenoxy) is 1. The smallest absolute Gasteiger partial charge is 0.185 e. The second kappa shape index (κ2) is 4.92. The quantitative estimate of drug-likeness (QED) is 0.705. The Kier molecular flexibility index (Phi) is 3.34. The maximum Gasteiger partial charge on any atom is 0.185 e. The molecule has 0 spiro atoms. The van der Waals surface area contributed by atoms with Crippen LogP contribution in [0.2, 0.25) is 0 Å². The van der Waals surface area contributed by atoms with Crippen molar-refractivity contribution in [1.29, 1.82) is 5.26 Å². The average Bonchev–Trinajstić information content (AvgIpc) is 2.77. The summed E-state index contributed by atoms with van der Waals surface area (Å²) in [6.07, 6.45) is 0.315. The van der Waals surface area contributed by atoms with E-state index in [1.807, 2.05) is 0 Å². The van der Waals surface area contributed by atoms with E-state index in [1.165, 1.54) is 0 Å². The van der Waals surface area contributed by atoms with Gasteiger partial charge in [-0.25, -0.2) is 0 Å². The summed E-state index contributed by atoms with van der Waals surface area (Å²) < 4.78 is 10.5. The molecule has 2 heterocycles. The maximum atomic E-state index is 10.4. The fraction of sp³-hybridized carbons (Fsp3) is 0.455. The van der Waals surface area contributed by atoms with Gasteiger partial charge in [0, 0.05) is 13.1 Å². The highest BCUT2D eigenvalue weighted by atomic mass is 16.5. The Balaban J connectivity index is 1.94. The SMILES string of the molecule is N#CC1CN(Cc2ccc(C=O)o2)CCO1. The Morgan fingerprint density at radius 2 is 2.50 bits per heavy atom. The monoisotopic (exact) mass is 220 g/mol. The molecule has 1 atom stereocenters. The molecule has 0 N–H and O–H groups in total. The van der Waals surface area contributed by atoms with Gasteiger partial charge in [0.15, 0.2) is 18.2 Å². The number of nitrogens with zero attached hydrogens (tertiary/aromatic N) is 2. The van der Waals surface area contributed by atoms with Gasteiger partial charge in [-0.15, -0.1) is 0 Å². The van der Waals surface area contributed by atoms with Crippen LogP contribution in [-0.4, -0.2) is 37.0 Å². The molecule has 84 valence electrons. The van der Waals surface area contributed by atoms with Gasteiger partial charge >= 0.3 is 0 Å². The maximum absolute atomic E-state index is 10.4. The first-order chi connectivity index (χ1) is 7.81. The minimum absolute atomic E-state index is 0.333. The van der Waals surface area contributed by atoms with E-state index in [4.69, 9.17) is 14.4 Å². The van der Waals surface area contributed by atoms with E-state index in [0.29, 0.717) is 31.7 Å². The zero-order chi connectivity index (χ0) is 11.4. The van der Waals surface area contributed by atoms with Crippen molar-refractivity contribution in [2.24, 2.45) is 0 Å². The molecule has 2 rings (SSSR count). The molecule has 1 aromatic heterocycles. The molecule has 0 bridgehead atoms. The highest BCUT2D eigenvalue weighted by molar-refractivity contribution is 5.70. The highest BCUT2D eigenvalue weighted by Crippen LogP contribution is 2.12. The van der Waals surface area contributed by atoms with Gasteiger partial charge in [0.1, 0.15) is 5.76 Å². The summed E-state index contributed by atoms with van der Waals surface area (Å²) in [6.45, 7) is 2.51. The van der Waals surface area contributed by atoms with Crippen LogP contribution in [0.1, 0.15) is 16.3 Å². The van der Waals surface area contributed by atoms with Crippen LogP contribution in [0.3, 0.4) is 0 Å². The lowest BCUT2D eigenvalue weighted by atomic mass is 10.3. The van der Waals surface area contributed by atoms with Crippen LogP contribution in [-0.2, 0) is 11.3 Å².